The molecule has 0 spiro atoms. The molecule has 1 aromatic rings. The zero-order valence-corrected chi connectivity index (χ0v) is 12.2. The minimum Gasteiger partial charge on any atom is -0.378 e. The summed E-state index contributed by atoms with van der Waals surface area (Å²) in [7, 11) is 0. The van der Waals surface area contributed by atoms with Gasteiger partial charge in [0.1, 0.15) is 0 Å². The minimum absolute atomic E-state index is 0.0828. The highest BCUT2D eigenvalue weighted by Gasteiger charge is 2.28. The first-order valence-electron chi connectivity index (χ1n) is 6.42. The monoisotopic (exact) mass is 270 g/mol. The number of aryl methyl sites for hydroxylation is 1. The van der Waals surface area contributed by atoms with Crippen molar-refractivity contribution in [3.63, 3.8) is 0 Å². The number of morpholine rings is 1. The Labute approximate surface area is 113 Å². The van der Waals surface area contributed by atoms with Crippen molar-refractivity contribution in [1.82, 2.24) is 10.3 Å². The first-order valence-corrected chi connectivity index (χ1v) is 7.30. The fourth-order valence-electron chi connectivity index (χ4n) is 2.11. The lowest BCUT2D eigenvalue weighted by Gasteiger charge is -2.36. The molecule has 0 bridgehead atoms. The van der Waals surface area contributed by atoms with Crippen molar-refractivity contribution in [3.05, 3.63) is 16.1 Å². The van der Waals surface area contributed by atoms with E-state index in [4.69, 9.17) is 9.47 Å². The van der Waals surface area contributed by atoms with Crippen LogP contribution in [0.4, 0.5) is 0 Å². The molecule has 5 heteroatoms. The summed E-state index contributed by atoms with van der Waals surface area (Å²) < 4.78 is 11.6. The van der Waals surface area contributed by atoms with E-state index in [2.05, 4.69) is 24.1 Å². The Hall–Kier alpha value is -0.490. The number of aromatic nitrogens is 1. The maximum absolute atomic E-state index is 5.94. The third-order valence-corrected chi connectivity index (χ3v) is 4.03. The molecule has 0 saturated carbocycles. The fraction of sp³-hybridized carbons (Fsp3) is 0.769. The Kier molecular flexibility index (Phi) is 4.72. The van der Waals surface area contributed by atoms with Gasteiger partial charge in [0.15, 0.2) is 0 Å². The molecule has 4 nitrogen and oxygen atoms in total. The van der Waals surface area contributed by atoms with Crippen LogP contribution >= 0.6 is 11.3 Å². The van der Waals surface area contributed by atoms with Crippen LogP contribution in [0.2, 0.25) is 0 Å². The number of hydrogen-bond acceptors (Lipinski definition) is 5. The third kappa shape index (κ3) is 4.02. The van der Waals surface area contributed by atoms with Gasteiger partial charge >= 0.3 is 0 Å². The van der Waals surface area contributed by atoms with Crippen LogP contribution in [0.3, 0.4) is 0 Å². The van der Waals surface area contributed by atoms with Gasteiger partial charge in [0.05, 0.1) is 36.1 Å². The molecule has 0 aromatic carbocycles. The van der Waals surface area contributed by atoms with Crippen LogP contribution in [0.5, 0.6) is 0 Å². The first kappa shape index (κ1) is 13.9. The average molecular weight is 270 g/mol. The summed E-state index contributed by atoms with van der Waals surface area (Å²) in [4.78, 5) is 5.55. The van der Waals surface area contributed by atoms with Crippen LogP contribution in [0.1, 0.15) is 24.4 Å². The molecule has 0 aliphatic carbocycles. The van der Waals surface area contributed by atoms with Gasteiger partial charge < -0.3 is 14.8 Å². The van der Waals surface area contributed by atoms with Gasteiger partial charge in [0.25, 0.3) is 0 Å². The van der Waals surface area contributed by atoms with Crippen molar-refractivity contribution in [1.29, 1.82) is 0 Å². The van der Waals surface area contributed by atoms with Gasteiger partial charge in [0, 0.05) is 24.4 Å². The Bertz CT molecular complexity index is 379. The summed E-state index contributed by atoms with van der Waals surface area (Å²) in [6, 6.07) is 0. The van der Waals surface area contributed by atoms with E-state index in [1.807, 2.05) is 12.4 Å². The Morgan fingerprint density at radius 2 is 2.44 bits per heavy atom. The third-order valence-electron chi connectivity index (χ3n) is 3.03. The maximum atomic E-state index is 5.94. The normalized spacial score (nSPS) is 23.2. The predicted molar refractivity (Wildman–Crippen MR) is 73.2 cm³/mol. The molecule has 102 valence electrons. The van der Waals surface area contributed by atoms with Crippen molar-refractivity contribution in [2.75, 3.05) is 26.3 Å². The topological polar surface area (TPSA) is 43.4 Å². The molecule has 18 heavy (non-hydrogen) atoms. The Morgan fingerprint density at radius 3 is 3.11 bits per heavy atom. The van der Waals surface area contributed by atoms with Gasteiger partial charge in [-0.1, -0.05) is 0 Å². The first-order chi connectivity index (χ1) is 8.57. The Morgan fingerprint density at radius 1 is 1.61 bits per heavy atom. The zero-order valence-electron chi connectivity index (χ0n) is 11.4. The molecule has 2 rings (SSSR count). The summed E-state index contributed by atoms with van der Waals surface area (Å²) in [6.07, 6.45) is 1.11. The molecule has 1 aliphatic rings. The number of nitrogens with zero attached hydrogens (tertiary/aromatic N) is 1. The van der Waals surface area contributed by atoms with Gasteiger partial charge in [-0.15, -0.1) is 11.3 Å². The molecule has 0 radical (unpaired) electrons. The molecule has 1 fully saturated rings. The van der Waals surface area contributed by atoms with Gasteiger partial charge in [-0.2, -0.15) is 0 Å². The van der Waals surface area contributed by atoms with Crippen LogP contribution in [0.15, 0.2) is 5.51 Å². The molecule has 1 atom stereocenters. The SMILES string of the molecule is Cc1ncsc1CCOCC1CNCC(C)(C)O1. The minimum atomic E-state index is -0.0828. The highest BCUT2D eigenvalue weighted by atomic mass is 32.1. The van der Waals surface area contributed by atoms with Crippen molar-refractivity contribution < 1.29 is 9.47 Å². The molecule has 1 aliphatic heterocycles. The number of rotatable bonds is 5. The van der Waals surface area contributed by atoms with Gasteiger partial charge in [-0.3, -0.25) is 0 Å². The van der Waals surface area contributed by atoms with Crippen LogP contribution < -0.4 is 5.32 Å². The highest BCUT2D eigenvalue weighted by Crippen LogP contribution is 2.16. The van der Waals surface area contributed by atoms with Gasteiger partial charge in [-0.25, -0.2) is 4.98 Å². The van der Waals surface area contributed by atoms with E-state index in [9.17, 15) is 0 Å². The van der Waals surface area contributed by atoms with Crippen LogP contribution in [-0.4, -0.2) is 43.0 Å². The second-order valence-electron chi connectivity index (χ2n) is 5.32. The number of thiazole rings is 1. The quantitative estimate of drug-likeness (QED) is 0.828. The predicted octanol–water partition coefficient (Wildman–Crippen LogP) is 1.78. The van der Waals surface area contributed by atoms with Gasteiger partial charge in [-0.05, 0) is 20.8 Å². The van der Waals surface area contributed by atoms with E-state index in [-0.39, 0.29) is 11.7 Å². The summed E-state index contributed by atoms with van der Waals surface area (Å²) in [6.45, 7) is 9.44. The molecule has 2 heterocycles. The van der Waals surface area contributed by atoms with Crippen LogP contribution in [0.25, 0.3) is 0 Å². The largest absolute Gasteiger partial charge is 0.378 e. The van der Waals surface area contributed by atoms with E-state index >= 15 is 0 Å². The second kappa shape index (κ2) is 6.10. The van der Waals surface area contributed by atoms with Crippen LogP contribution in [-0.2, 0) is 15.9 Å². The molecular weight excluding hydrogens is 248 g/mol. The second-order valence-corrected chi connectivity index (χ2v) is 6.26. The molecule has 0 amide bonds. The fourth-order valence-corrected chi connectivity index (χ4v) is 2.87. The molecule has 1 saturated heterocycles. The Balaban J connectivity index is 1.65. The van der Waals surface area contributed by atoms with Crippen LogP contribution in [0, 0.1) is 6.92 Å². The lowest BCUT2D eigenvalue weighted by molar-refractivity contribution is -0.119. The number of nitrogens with one attached hydrogen (secondary N) is 1. The van der Waals surface area contributed by atoms with Crippen molar-refractivity contribution in [3.8, 4) is 0 Å². The van der Waals surface area contributed by atoms with E-state index < -0.39 is 0 Å². The summed E-state index contributed by atoms with van der Waals surface area (Å²) >= 11 is 1.70. The van der Waals surface area contributed by atoms with E-state index in [0.717, 1.165) is 31.8 Å². The van der Waals surface area contributed by atoms with Crippen molar-refractivity contribution in [2.45, 2.75) is 38.9 Å². The van der Waals surface area contributed by atoms with E-state index in [1.165, 1.54) is 4.88 Å². The summed E-state index contributed by atoms with van der Waals surface area (Å²) in [5, 5.41) is 3.38. The van der Waals surface area contributed by atoms with E-state index in [1.54, 1.807) is 11.3 Å². The van der Waals surface area contributed by atoms with Crippen molar-refractivity contribution >= 4 is 11.3 Å². The standard InChI is InChI=1S/C13H22N2O2S/c1-10-12(18-9-15-10)4-5-16-7-11-6-14-8-13(2,3)17-11/h9,11,14H,4-8H2,1-3H3. The average Bonchev–Trinajstić information content (AvgIpc) is 2.69. The van der Waals surface area contributed by atoms with Gasteiger partial charge in [0.2, 0.25) is 0 Å². The smallest absolute Gasteiger partial charge is 0.0940 e. The summed E-state index contributed by atoms with van der Waals surface area (Å²) in [5.74, 6) is 0. The van der Waals surface area contributed by atoms with Crippen molar-refractivity contribution in [2.24, 2.45) is 0 Å². The lowest BCUT2D eigenvalue weighted by atomic mass is 10.1. The molecule has 1 N–H and O–H groups in total. The molecule has 1 aromatic heterocycles. The summed E-state index contributed by atoms with van der Waals surface area (Å²) in [5.41, 5.74) is 2.93. The number of ether oxygens (including phenoxy) is 2. The van der Waals surface area contributed by atoms with E-state index in [0.29, 0.717) is 6.61 Å². The maximum Gasteiger partial charge on any atom is 0.0940 e. The highest BCUT2D eigenvalue weighted by molar-refractivity contribution is 7.09. The number of hydrogen-bond donors (Lipinski definition) is 1. The zero-order chi connectivity index (χ0) is 13.0. The lowest BCUT2D eigenvalue weighted by Crippen LogP contribution is -2.51. The molecular formula is C13H22N2O2S. The molecule has 1 unspecified atom stereocenters.